The summed E-state index contributed by atoms with van der Waals surface area (Å²) >= 11 is 6.26. The van der Waals surface area contributed by atoms with Crippen LogP contribution in [0.1, 0.15) is 31.6 Å². The van der Waals surface area contributed by atoms with Gasteiger partial charge < -0.3 is 14.8 Å². The fourth-order valence-electron chi connectivity index (χ4n) is 2.25. The van der Waals surface area contributed by atoms with Crippen LogP contribution in [0.4, 0.5) is 0 Å². The number of nitrogens with one attached hydrogen (secondary N) is 1. The molecule has 2 rings (SSSR count). The first-order chi connectivity index (χ1) is 8.65. The summed E-state index contributed by atoms with van der Waals surface area (Å²) < 4.78 is 13.2. The molecule has 6 heteroatoms. The lowest BCUT2D eigenvalue weighted by Crippen LogP contribution is -2.40. The molecule has 0 aromatic carbocycles. The van der Waals surface area contributed by atoms with Crippen molar-refractivity contribution >= 4 is 11.6 Å². The average molecular weight is 274 g/mol. The van der Waals surface area contributed by atoms with Gasteiger partial charge in [0, 0.05) is 6.04 Å². The highest BCUT2D eigenvalue weighted by Gasteiger charge is 2.30. The molecule has 2 atom stereocenters. The number of rotatable bonds is 4. The van der Waals surface area contributed by atoms with E-state index in [1.807, 2.05) is 11.7 Å². The maximum atomic E-state index is 6.26. The van der Waals surface area contributed by atoms with Crippen molar-refractivity contribution < 1.29 is 9.47 Å². The van der Waals surface area contributed by atoms with Crippen LogP contribution in [0.3, 0.4) is 0 Å². The third-order valence-electron chi connectivity index (χ3n) is 3.10. The van der Waals surface area contributed by atoms with Gasteiger partial charge in [0.05, 0.1) is 42.8 Å². The second-order valence-corrected chi connectivity index (χ2v) is 5.07. The number of ether oxygens (including phenoxy) is 2. The summed E-state index contributed by atoms with van der Waals surface area (Å²) in [6, 6.07) is 0.246. The normalized spacial score (nSPS) is 22.4. The van der Waals surface area contributed by atoms with E-state index in [-0.39, 0.29) is 18.2 Å². The first-order valence-electron chi connectivity index (χ1n) is 6.24. The molecule has 0 spiro atoms. The molecule has 102 valence electrons. The minimum Gasteiger partial charge on any atom is -0.376 e. The largest absolute Gasteiger partial charge is 0.376 e. The van der Waals surface area contributed by atoms with Crippen LogP contribution >= 0.6 is 11.6 Å². The number of nitrogens with zero attached hydrogens (tertiary/aromatic N) is 2. The van der Waals surface area contributed by atoms with Crippen LogP contribution in [0.25, 0.3) is 0 Å². The summed E-state index contributed by atoms with van der Waals surface area (Å²) in [6.07, 6.45) is 1.65. The van der Waals surface area contributed by atoms with Crippen LogP contribution in [0.5, 0.6) is 0 Å². The van der Waals surface area contributed by atoms with Crippen molar-refractivity contribution in [2.24, 2.45) is 0 Å². The molecule has 1 aliphatic rings. The first-order valence-corrected chi connectivity index (χ1v) is 6.62. The van der Waals surface area contributed by atoms with E-state index >= 15 is 0 Å². The van der Waals surface area contributed by atoms with E-state index in [1.165, 1.54) is 0 Å². The molecule has 0 bridgehead atoms. The maximum absolute atomic E-state index is 6.26. The third kappa shape index (κ3) is 2.69. The smallest absolute Gasteiger partial charge is 0.102 e. The van der Waals surface area contributed by atoms with E-state index in [4.69, 9.17) is 21.1 Å². The third-order valence-corrected chi connectivity index (χ3v) is 3.39. The fraction of sp³-hybridized carbons (Fsp3) is 0.750. The molecule has 2 heterocycles. The predicted molar refractivity (Wildman–Crippen MR) is 70.0 cm³/mol. The molecule has 18 heavy (non-hydrogen) atoms. The minimum absolute atomic E-state index is 0.0114. The van der Waals surface area contributed by atoms with Crippen molar-refractivity contribution in [1.29, 1.82) is 0 Å². The van der Waals surface area contributed by atoms with Gasteiger partial charge in [0.2, 0.25) is 0 Å². The molecular weight excluding hydrogens is 254 g/mol. The molecule has 5 nitrogen and oxygen atoms in total. The summed E-state index contributed by atoms with van der Waals surface area (Å²) in [7, 11) is 1.90. The molecule has 1 aromatic heterocycles. The molecule has 1 saturated heterocycles. The van der Waals surface area contributed by atoms with Crippen LogP contribution in [-0.4, -0.2) is 42.8 Å². The predicted octanol–water partition coefficient (Wildman–Crippen LogP) is 1.79. The Balaban J connectivity index is 2.28. The highest BCUT2D eigenvalue weighted by Crippen LogP contribution is 2.29. The molecule has 1 N–H and O–H groups in total. The molecule has 2 unspecified atom stereocenters. The summed E-state index contributed by atoms with van der Waals surface area (Å²) in [5.74, 6) is 0. The van der Waals surface area contributed by atoms with Crippen molar-refractivity contribution in [3.05, 3.63) is 16.9 Å². The highest BCUT2D eigenvalue weighted by atomic mass is 35.5. The summed E-state index contributed by atoms with van der Waals surface area (Å²) in [4.78, 5) is 0. The van der Waals surface area contributed by atoms with Crippen molar-refractivity contribution in [1.82, 2.24) is 15.1 Å². The van der Waals surface area contributed by atoms with Crippen molar-refractivity contribution in [2.45, 2.75) is 32.0 Å². The second kappa shape index (κ2) is 6.02. The quantitative estimate of drug-likeness (QED) is 0.909. The first kappa shape index (κ1) is 13.8. The standard InChI is InChI=1S/C12H20ClN3O2/c1-8(2)16-12(9(13)6-15-16)11(14-3)10-7-17-4-5-18-10/h6,8,10-11,14H,4-5,7H2,1-3H3. The Morgan fingerprint density at radius 1 is 1.50 bits per heavy atom. The summed E-state index contributed by atoms with van der Waals surface area (Å²) in [5.41, 5.74) is 0.963. The zero-order chi connectivity index (χ0) is 13.1. The molecule has 0 radical (unpaired) electrons. The lowest BCUT2D eigenvalue weighted by molar-refractivity contribution is -0.102. The number of halogens is 1. The van der Waals surface area contributed by atoms with Crippen molar-refractivity contribution in [3.8, 4) is 0 Å². The molecule has 1 aromatic rings. The molecule has 0 amide bonds. The molecular formula is C12H20ClN3O2. The van der Waals surface area contributed by atoms with Gasteiger partial charge in [0.15, 0.2) is 0 Å². The molecule has 0 aliphatic carbocycles. The SMILES string of the molecule is CNC(c1c(Cl)cnn1C(C)C)C1COCCO1. The second-order valence-electron chi connectivity index (χ2n) is 4.67. The zero-order valence-electron chi connectivity index (χ0n) is 11.0. The zero-order valence-corrected chi connectivity index (χ0v) is 11.8. The van der Waals surface area contributed by atoms with Crippen LogP contribution in [0.15, 0.2) is 6.20 Å². The van der Waals surface area contributed by atoms with Gasteiger partial charge in [-0.3, -0.25) is 4.68 Å². The van der Waals surface area contributed by atoms with Gasteiger partial charge in [-0.05, 0) is 20.9 Å². The van der Waals surface area contributed by atoms with Gasteiger partial charge in [-0.15, -0.1) is 0 Å². The van der Waals surface area contributed by atoms with E-state index < -0.39 is 0 Å². The van der Waals surface area contributed by atoms with E-state index in [1.54, 1.807) is 6.20 Å². The van der Waals surface area contributed by atoms with Gasteiger partial charge >= 0.3 is 0 Å². The van der Waals surface area contributed by atoms with Gasteiger partial charge in [0.25, 0.3) is 0 Å². The van der Waals surface area contributed by atoms with Gasteiger partial charge in [-0.2, -0.15) is 5.10 Å². The Hall–Kier alpha value is -0.620. The monoisotopic (exact) mass is 273 g/mol. The number of hydrogen-bond acceptors (Lipinski definition) is 4. The summed E-state index contributed by atoms with van der Waals surface area (Å²) in [6.45, 7) is 6.01. The maximum Gasteiger partial charge on any atom is 0.102 e. The van der Waals surface area contributed by atoms with Gasteiger partial charge in [-0.25, -0.2) is 0 Å². The van der Waals surface area contributed by atoms with E-state index in [2.05, 4.69) is 24.3 Å². The Morgan fingerprint density at radius 2 is 2.28 bits per heavy atom. The van der Waals surface area contributed by atoms with Crippen LogP contribution in [0.2, 0.25) is 5.02 Å². The van der Waals surface area contributed by atoms with Gasteiger partial charge in [-0.1, -0.05) is 11.6 Å². The van der Waals surface area contributed by atoms with Crippen LogP contribution in [0, 0.1) is 0 Å². The van der Waals surface area contributed by atoms with Crippen molar-refractivity contribution in [3.63, 3.8) is 0 Å². The topological polar surface area (TPSA) is 48.3 Å². The van der Waals surface area contributed by atoms with Crippen molar-refractivity contribution in [2.75, 3.05) is 26.9 Å². The van der Waals surface area contributed by atoms with Crippen LogP contribution in [-0.2, 0) is 9.47 Å². The number of likely N-dealkylation sites (N-methyl/N-ethyl adjacent to an activating group) is 1. The Bertz CT molecular complexity index is 389. The fourth-order valence-corrected chi connectivity index (χ4v) is 2.50. The Kier molecular flexibility index (Phi) is 4.61. The molecule has 1 fully saturated rings. The number of aromatic nitrogens is 2. The minimum atomic E-state index is -0.0320. The van der Waals surface area contributed by atoms with E-state index in [0.29, 0.717) is 24.8 Å². The van der Waals surface area contributed by atoms with E-state index in [0.717, 1.165) is 5.69 Å². The molecule has 0 saturated carbocycles. The van der Waals surface area contributed by atoms with Gasteiger partial charge in [0.1, 0.15) is 6.10 Å². The van der Waals surface area contributed by atoms with E-state index in [9.17, 15) is 0 Å². The summed E-state index contributed by atoms with van der Waals surface area (Å²) in [5, 5.41) is 8.25. The number of hydrogen-bond donors (Lipinski definition) is 1. The molecule has 1 aliphatic heterocycles. The average Bonchev–Trinajstić information content (AvgIpc) is 2.74. The highest BCUT2D eigenvalue weighted by molar-refractivity contribution is 6.31. The Labute approximate surface area is 112 Å². The van der Waals surface area contributed by atoms with Crippen LogP contribution < -0.4 is 5.32 Å². The lowest BCUT2D eigenvalue weighted by Gasteiger charge is -2.31. The Morgan fingerprint density at radius 3 is 2.83 bits per heavy atom. The lowest BCUT2D eigenvalue weighted by atomic mass is 10.1.